The van der Waals surface area contributed by atoms with Gasteiger partial charge in [-0.05, 0) is 92.1 Å². The highest BCUT2D eigenvalue weighted by Crippen LogP contribution is 2.40. The number of rotatable bonds is 19. The number of aromatic amines is 2. The third kappa shape index (κ3) is 9.22. The van der Waals surface area contributed by atoms with Crippen LogP contribution >= 0.6 is 0 Å². The smallest absolute Gasteiger partial charge is 0.165 e. The molecule has 0 unspecified atom stereocenters. The molecule has 0 saturated carbocycles. The summed E-state index contributed by atoms with van der Waals surface area (Å²) in [5, 5.41) is 3.27. The van der Waals surface area contributed by atoms with Gasteiger partial charge in [0.2, 0.25) is 0 Å². The molecule has 4 N–H and O–H groups in total. The average Bonchev–Trinajstić information content (AvgIpc) is 4.20. The first kappa shape index (κ1) is 45.2. The molecule has 0 saturated heterocycles. The number of nitrogens with zero attached hydrogens (tertiary/aromatic N) is 10. The molecule has 360 valence electrons. The lowest BCUT2D eigenvalue weighted by Gasteiger charge is -2.08. The number of nitrogens with one attached hydrogen (secondary N) is 2. The summed E-state index contributed by atoms with van der Waals surface area (Å²) in [6, 6.07) is 23.9. The Morgan fingerprint density at radius 2 is 0.887 bits per heavy atom. The normalized spacial score (nSPS) is 11.9. The van der Waals surface area contributed by atoms with E-state index in [0.717, 1.165) is 119 Å². The van der Waals surface area contributed by atoms with Gasteiger partial charge in [0, 0.05) is 43.8 Å². The predicted molar refractivity (Wildman–Crippen MR) is 276 cm³/mol. The van der Waals surface area contributed by atoms with Crippen molar-refractivity contribution < 1.29 is 18.9 Å². The van der Waals surface area contributed by atoms with Crippen molar-refractivity contribution in [3.8, 4) is 68.5 Å². The van der Waals surface area contributed by atoms with Crippen molar-refractivity contribution in [1.29, 1.82) is 0 Å². The number of ether oxygens (including phenoxy) is 4. The molecular formula is C54H55N13O4. The van der Waals surface area contributed by atoms with Gasteiger partial charge in [0.15, 0.2) is 34.8 Å². The molecule has 17 heteroatoms. The Hall–Kier alpha value is -8.21. The molecule has 17 nitrogen and oxygen atoms in total. The van der Waals surface area contributed by atoms with Gasteiger partial charge < -0.3 is 39.2 Å². The van der Waals surface area contributed by atoms with Gasteiger partial charge in [-0.2, -0.15) is 0 Å². The minimum absolute atomic E-state index is 0.331. The van der Waals surface area contributed by atoms with Crippen LogP contribution in [0.4, 0.5) is 5.82 Å². The first-order valence-electron chi connectivity index (χ1n) is 24.8. The zero-order chi connectivity index (χ0) is 48.3. The fourth-order valence-electron chi connectivity index (χ4n) is 9.02. The number of aromatic nitrogens is 12. The molecule has 2 aliphatic heterocycles. The highest BCUT2D eigenvalue weighted by Gasteiger charge is 2.24. The molecule has 0 fully saturated rings. The first-order valence-corrected chi connectivity index (χ1v) is 24.8. The molecule has 4 aromatic carbocycles. The topological polar surface area (TPSA) is 215 Å². The van der Waals surface area contributed by atoms with Crippen molar-refractivity contribution in [3.63, 3.8) is 0 Å². The highest BCUT2D eigenvalue weighted by atomic mass is 16.5. The van der Waals surface area contributed by atoms with Crippen molar-refractivity contribution >= 4 is 61.1 Å². The fourth-order valence-corrected chi connectivity index (χ4v) is 9.02. The van der Waals surface area contributed by atoms with E-state index in [9.17, 15) is 0 Å². The van der Waals surface area contributed by atoms with Gasteiger partial charge in [-0.1, -0.05) is 59.3 Å². The van der Waals surface area contributed by atoms with Crippen LogP contribution in [0.5, 0.6) is 23.0 Å². The Bertz CT molecular complexity index is 3580. The van der Waals surface area contributed by atoms with Crippen LogP contribution in [0.2, 0.25) is 0 Å². The van der Waals surface area contributed by atoms with Crippen LogP contribution in [0.3, 0.4) is 0 Å². The molecule has 0 amide bonds. The zero-order valence-electron chi connectivity index (χ0n) is 40.2. The Balaban J connectivity index is 1.10. The van der Waals surface area contributed by atoms with Crippen molar-refractivity contribution in [2.75, 3.05) is 32.2 Å². The van der Waals surface area contributed by atoms with Crippen molar-refractivity contribution in [2.45, 2.75) is 85.1 Å². The Kier molecular flexibility index (Phi) is 12.8. The van der Waals surface area contributed by atoms with Crippen LogP contribution in [-0.4, -0.2) is 85.8 Å². The minimum atomic E-state index is 0.331. The van der Waals surface area contributed by atoms with Gasteiger partial charge in [-0.3, -0.25) is 0 Å². The summed E-state index contributed by atoms with van der Waals surface area (Å²) in [6.07, 6.45) is 12.6. The fraction of sp³-hybridized carbons (Fsp3) is 0.315. The molecule has 8 bridgehead atoms. The molecule has 11 rings (SSSR count). The summed E-state index contributed by atoms with van der Waals surface area (Å²) in [4.78, 5) is 51.4. The maximum Gasteiger partial charge on any atom is 0.165 e. The van der Waals surface area contributed by atoms with Crippen molar-refractivity contribution in [1.82, 2.24) is 59.4 Å². The second-order valence-electron chi connectivity index (χ2n) is 17.8. The molecule has 0 spiro atoms. The van der Waals surface area contributed by atoms with Crippen molar-refractivity contribution in [2.24, 2.45) is 0 Å². The number of hydrogen-bond acceptors (Lipinski definition) is 14. The third-order valence-electron chi connectivity index (χ3n) is 12.8. The molecule has 7 heterocycles. The molecular weight excluding hydrogens is 895 g/mol. The maximum atomic E-state index is 6.39. The Labute approximate surface area is 409 Å². The SMILES string of the molecule is CCCCCOc1ccc2c(c1)-c1nc-2nc2[nH]c(nc3nc(nc4[nH]c(n1)c1ccc(OCCCCC)cc41)-c1ccc(OCCCCC)cc1-3)c1ccc(OCCn3cnc4c(N)ncnc43)cc21. The number of benzene rings is 4. The third-order valence-corrected chi connectivity index (χ3v) is 12.8. The van der Waals surface area contributed by atoms with Crippen molar-refractivity contribution in [3.05, 3.63) is 85.5 Å². The lowest BCUT2D eigenvalue weighted by Crippen LogP contribution is -2.08. The average molecular weight is 950 g/mol. The second-order valence-corrected chi connectivity index (χ2v) is 17.8. The van der Waals surface area contributed by atoms with E-state index in [1.54, 1.807) is 6.33 Å². The van der Waals surface area contributed by atoms with Crippen LogP contribution in [0.15, 0.2) is 85.5 Å². The van der Waals surface area contributed by atoms with Crippen LogP contribution in [-0.2, 0) is 6.54 Å². The minimum Gasteiger partial charge on any atom is -0.494 e. The van der Waals surface area contributed by atoms with Gasteiger partial charge in [0.05, 0.1) is 32.7 Å². The lowest BCUT2D eigenvalue weighted by molar-refractivity contribution is 0.300. The quantitative estimate of drug-likeness (QED) is 0.0643. The summed E-state index contributed by atoms with van der Waals surface area (Å²) in [7, 11) is 0. The van der Waals surface area contributed by atoms with E-state index >= 15 is 0 Å². The van der Waals surface area contributed by atoms with Crippen LogP contribution in [0.1, 0.15) is 78.6 Å². The molecule has 71 heavy (non-hydrogen) atoms. The largest absolute Gasteiger partial charge is 0.494 e. The van der Waals surface area contributed by atoms with E-state index in [1.807, 2.05) is 77.4 Å². The molecule has 9 aromatic rings. The lowest BCUT2D eigenvalue weighted by atomic mass is 10.1. The Morgan fingerprint density at radius 1 is 0.451 bits per heavy atom. The highest BCUT2D eigenvalue weighted by molar-refractivity contribution is 6.07. The summed E-state index contributed by atoms with van der Waals surface area (Å²) < 4.78 is 27.1. The van der Waals surface area contributed by atoms with Gasteiger partial charge in [-0.15, -0.1) is 0 Å². The first-order chi connectivity index (χ1) is 34.9. The zero-order valence-corrected chi connectivity index (χ0v) is 40.2. The van der Waals surface area contributed by atoms with E-state index in [-0.39, 0.29) is 0 Å². The second kappa shape index (κ2) is 20.0. The standard InChI is InChI=1S/C54H55N13O4/c1-4-7-10-22-68-32-13-17-36-40(26-32)50-59-46(36)61-51-42-28-34(70-24-12-9-6-3)15-19-38(42)48(63-51)65-53-43-29-35(71-25-21-67-31-58-44-45(55)56-30-57-54(44)67)16-20-39(43)49(66-53)64-52-41-27-33(69-23-11-8-5-2)14-18-37(41)47(60-50)62-52/h13-20,26-31H,4-12,21-25H2,1-3H3,(H2,55,56,57)(H2,59,60,61,62,63,64,65,66). The van der Waals surface area contributed by atoms with Crippen LogP contribution in [0.25, 0.3) is 101 Å². The number of anilines is 1. The number of unbranched alkanes of at least 4 members (excludes halogenated alkanes) is 6. The van der Waals surface area contributed by atoms with E-state index in [4.69, 9.17) is 54.6 Å². The van der Waals surface area contributed by atoms with E-state index < -0.39 is 0 Å². The monoisotopic (exact) mass is 949 g/mol. The predicted octanol–water partition coefficient (Wildman–Crippen LogP) is 11.4. The molecule has 0 radical (unpaired) electrons. The number of nitrogens with two attached hydrogens (primary N) is 1. The number of nitrogen functional groups attached to an aromatic ring is 1. The number of imidazole rings is 1. The molecule has 0 aliphatic carbocycles. The van der Waals surface area contributed by atoms with Crippen LogP contribution < -0.4 is 24.7 Å². The van der Waals surface area contributed by atoms with E-state index in [2.05, 4.69) is 45.7 Å². The summed E-state index contributed by atoms with van der Waals surface area (Å²) in [5.74, 6) is 5.11. The van der Waals surface area contributed by atoms with Gasteiger partial charge in [0.1, 0.15) is 64.0 Å². The molecule has 5 aromatic heterocycles. The number of hydrogen-bond donors (Lipinski definition) is 3. The number of fused-ring (bicyclic) bond motifs is 21. The Morgan fingerprint density at radius 3 is 1.38 bits per heavy atom. The van der Waals surface area contributed by atoms with E-state index in [0.29, 0.717) is 102 Å². The summed E-state index contributed by atoms with van der Waals surface area (Å²) >= 11 is 0. The van der Waals surface area contributed by atoms with Crippen LogP contribution in [0, 0.1) is 0 Å². The molecule has 0 atom stereocenters. The maximum absolute atomic E-state index is 6.39. The molecule has 2 aliphatic rings. The van der Waals surface area contributed by atoms with Gasteiger partial charge in [0.25, 0.3) is 0 Å². The van der Waals surface area contributed by atoms with Gasteiger partial charge in [-0.25, -0.2) is 44.9 Å². The summed E-state index contributed by atoms with van der Waals surface area (Å²) in [6.45, 7) is 9.20. The van der Waals surface area contributed by atoms with E-state index in [1.165, 1.54) is 6.33 Å². The van der Waals surface area contributed by atoms with Gasteiger partial charge >= 0.3 is 0 Å². The summed E-state index contributed by atoms with van der Waals surface area (Å²) in [5.41, 5.74) is 12.7. The number of H-pyrrole nitrogens is 2.